The van der Waals surface area contributed by atoms with Crippen LogP contribution in [0.3, 0.4) is 0 Å². The van der Waals surface area contributed by atoms with E-state index in [1.54, 1.807) is 0 Å². The minimum Gasteiger partial charge on any atom is -0.480 e. The maximum Gasteiger partial charge on any atom is 0.322 e. The third-order valence-electron chi connectivity index (χ3n) is 4.51. The van der Waals surface area contributed by atoms with Crippen molar-refractivity contribution in [2.24, 2.45) is 11.5 Å². The Morgan fingerprint density at radius 2 is 1.93 bits per heavy atom. The van der Waals surface area contributed by atoms with Gasteiger partial charge in [0.15, 0.2) is 0 Å². The fourth-order valence-corrected chi connectivity index (χ4v) is 3.47. The minimum atomic E-state index is -1.19. The number of nitrogens with zero attached hydrogens (tertiary/aromatic N) is 1. The molecule has 0 aliphatic carbocycles. The van der Waals surface area contributed by atoms with Gasteiger partial charge in [-0.25, -0.2) is 0 Å². The number of thioether (sulfide) groups is 1. The minimum absolute atomic E-state index is 0.0296. The Bertz CT molecular complexity index is 631. The van der Waals surface area contributed by atoms with Gasteiger partial charge in [0.05, 0.1) is 6.04 Å². The second-order valence-electron chi connectivity index (χ2n) is 6.76. The number of hydrogen-bond donors (Lipinski definition) is 5. The molecule has 0 saturated carbocycles. The van der Waals surface area contributed by atoms with Crippen LogP contribution in [0.1, 0.15) is 32.1 Å². The zero-order valence-corrected chi connectivity index (χ0v) is 17.2. The van der Waals surface area contributed by atoms with Gasteiger partial charge in [0, 0.05) is 13.0 Å². The fourth-order valence-electron chi connectivity index (χ4n) is 3.00. The van der Waals surface area contributed by atoms with Crippen molar-refractivity contribution in [2.45, 2.75) is 50.2 Å². The first kappa shape index (κ1) is 24.7. The first-order valence-electron chi connectivity index (χ1n) is 9.30. The largest absolute Gasteiger partial charge is 0.480 e. The van der Waals surface area contributed by atoms with Gasteiger partial charge in [0.1, 0.15) is 18.6 Å². The molecule has 0 bridgehead atoms. The highest BCUT2D eigenvalue weighted by atomic mass is 32.2. The predicted octanol–water partition coefficient (Wildman–Crippen LogP) is -1.99. The molecule has 12 heteroatoms. The zero-order chi connectivity index (χ0) is 22.0. The first-order chi connectivity index (χ1) is 13.7. The first-order valence-corrected chi connectivity index (χ1v) is 10.7. The van der Waals surface area contributed by atoms with Crippen LogP contribution in [0, 0.1) is 0 Å². The van der Waals surface area contributed by atoms with Crippen LogP contribution >= 0.6 is 11.8 Å². The lowest BCUT2D eigenvalue weighted by Gasteiger charge is -2.28. The number of rotatable bonds is 12. The quantitative estimate of drug-likeness (QED) is 0.235. The summed E-state index contributed by atoms with van der Waals surface area (Å²) in [4.78, 5) is 60.4. The van der Waals surface area contributed by atoms with Crippen molar-refractivity contribution in [3.63, 3.8) is 0 Å². The monoisotopic (exact) mass is 431 g/mol. The van der Waals surface area contributed by atoms with Gasteiger partial charge in [-0.1, -0.05) is 0 Å². The van der Waals surface area contributed by atoms with E-state index in [-0.39, 0.29) is 12.8 Å². The van der Waals surface area contributed by atoms with Crippen LogP contribution in [0.2, 0.25) is 0 Å². The topological polar surface area (TPSA) is 185 Å². The Morgan fingerprint density at radius 3 is 2.52 bits per heavy atom. The SMILES string of the molecule is CSCCC(NC(=O)C1CCCN1C(=O)C(N)CCC(N)=O)C(=O)NCC(=O)O. The molecular formula is C17H29N5O6S. The summed E-state index contributed by atoms with van der Waals surface area (Å²) in [5.74, 6) is -2.70. The maximum atomic E-state index is 12.7. The van der Waals surface area contributed by atoms with Gasteiger partial charge in [-0.15, -0.1) is 0 Å². The molecule has 3 unspecified atom stereocenters. The lowest BCUT2D eigenvalue weighted by Crippen LogP contribution is -2.55. The summed E-state index contributed by atoms with van der Waals surface area (Å²) in [5.41, 5.74) is 10.9. The number of carbonyl (C=O) groups is 5. The van der Waals surface area contributed by atoms with Crippen molar-refractivity contribution in [2.75, 3.05) is 25.1 Å². The lowest BCUT2D eigenvalue weighted by atomic mass is 10.1. The Hall–Kier alpha value is -2.34. The van der Waals surface area contributed by atoms with Crippen LogP contribution in [0.15, 0.2) is 0 Å². The summed E-state index contributed by atoms with van der Waals surface area (Å²) in [6.45, 7) is -0.199. The molecule has 0 spiro atoms. The van der Waals surface area contributed by atoms with E-state index in [0.717, 1.165) is 0 Å². The standard InChI is InChI=1S/C17H29N5O6S/c1-29-8-6-11(15(26)20-9-14(24)25)21-16(27)12-3-2-7-22(12)17(28)10(18)4-5-13(19)23/h10-12H,2-9,18H2,1H3,(H2,19,23)(H,20,26)(H,21,27)(H,24,25). The van der Waals surface area contributed by atoms with Crippen LogP contribution in [-0.2, 0) is 24.0 Å². The number of nitrogens with one attached hydrogen (secondary N) is 2. The molecule has 0 radical (unpaired) electrons. The van der Waals surface area contributed by atoms with Crippen molar-refractivity contribution in [1.29, 1.82) is 0 Å². The molecule has 7 N–H and O–H groups in total. The Morgan fingerprint density at radius 1 is 1.24 bits per heavy atom. The molecule has 1 saturated heterocycles. The average molecular weight is 432 g/mol. The van der Waals surface area contributed by atoms with Gasteiger partial charge in [-0.2, -0.15) is 11.8 Å². The molecular weight excluding hydrogens is 402 g/mol. The Kier molecular flexibility index (Phi) is 10.5. The van der Waals surface area contributed by atoms with E-state index in [4.69, 9.17) is 16.6 Å². The van der Waals surface area contributed by atoms with Crippen LogP contribution in [0.5, 0.6) is 0 Å². The van der Waals surface area contributed by atoms with Gasteiger partial charge in [-0.05, 0) is 37.7 Å². The lowest BCUT2D eigenvalue weighted by molar-refractivity contribution is -0.141. The highest BCUT2D eigenvalue weighted by molar-refractivity contribution is 7.98. The summed E-state index contributed by atoms with van der Waals surface area (Å²) < 4.78 is 0. The Labute approximate surface area is 173 Å². The molecule has 164 valence electrons. The summed E-state index contributed by atoms with van der Waals surface area (Å²) in [6, 6.07) is -2.62. The van der Waals surface area contributed by atoms with E-state index in [0.29, 0.717) is 31.6 Å². The van der Waals surface area contributed by atoms with Crippen LogP contribution < -0.4 is 22.1 Å². The van der Waals surface area contributed by atoms with Gasteiger partial charge in [0.2, 0.25) is 23.6 Å². The van der Waals surface area contributed by atoms with Gasteiger partial charge < -0.3 is 32.1 Å². The summed E-state index contributed by atoms with van der Waals surface area (Å²) in [6.07, 6.45) is 3.25. The third kappa shape index (κ3) is 8.28. The maximum absolute atomic E-state index is 12.7. The smallest absolute Gasteiger partial charge is 0.322 e. The molecule has 1 aliphatic rings. The van der Waals surface area contributed by atoms with Crippen molar-refractivity contribution in [3.05, 3.63) is 0 Å². The van der Waals surface area contributed by atoms with E-state index >= 15 is 0 Å². The molecule has 3 atom stereocenters. The number of aliphatic carboxylic acids is 1. The van der Waals surface area contributed by atoms with Gasteiger partial charge in [-0.3, -0.25) is 24.0 Å². The van der Waals surface area contributed by atoms with E-state index in [9.17, 15) is 24.0 Å². The number of carbonyl (C=O) groups excluding carboxylic acids is 4. The van der Waals surface area contributed by atoms with E-state index in [2.05, 4.69) is 10.6 Å². The second kappa shape index (κ2) is 12.3. The van der Waals surface area contributed by atoms with E-state index in [1.807, 2.05) is 6.26 Å². The van der Waals surface area contributed by atoms with Crippen molar-refractivity contribution in [3.8, 4) is 0 Å². The molecule has 1 aliphatic heterocycles. The van der Waals surface area contributed by atoms with Crippen molar-refractivity contribution < 1.29 is 29.1 Å². The molecule has 0 aromatic rings. The fraction of sp³-hybridized carbons (Fsp3) is 0.706. The number of likely N-dealkylation sites (tertiary alicyclic amines) is 1. The zero-order valence-electron chi connectivity index (χ0n) is 16.4. The number of carboxylic acids is 1. The van der Waals surface area contributed by atoms with Crippen LogP contribution in [-0.4, -0.2) is 82.8 Å². The third-order valence-corrected chi connectivity index (χ3v) is 5.16. The molecule has 1 heterocycles. The predicted molar refractivity (Wildman–Crippen MR) is 107 cm³/mol. The van der Waals surface area contributed by atoms with Crippen molar-refractivity contribution >= 4 is 41.4 Å². The molecule has 0 aromatic carbocycles. The van der Waals surface area contributed by atoms with Gasteiger partial charge >= 0.3 is 5.97 Å². The Balaban J connectivity index is 2.75. The molecule has 11 nitrogen and oxygen atoms in total. The summed E-state index contributed by atoms with van der Waals surface area (Å²) >= 11 is 1.48. The molecule has 1 rings (SSSR count). The van der Waals surface area contributed by atoms with E-state index < -0.39 is 54.3 Å². The number of primary amides is 1. The van der Waals surface area contributed by atoms with Gasteiger partial charge in [0.25, 0.3) is 0 Å². The van der Waals surface area contributed by atoms with E-state index in [1.165, 1.54) is 16.7 Å². The molecule has 29 heavy (non-hydrogen) atoms. The number of nitrogens with two attached hydrogens (primary N) is 2. The summed E-state index contributed by atoms with van der Waals surface area (Å²) in [5, 5.41) is 13.6. The molecule has 1 fully saturated rings. The van der Waals surface area contributed by atoms with Crippen LogP contribution in [0.4, 0.5) is 0 Å². The summed E-state index contributed by atoms with van der Waals surface area (Å²) in [7, 11) is 0. The average Bonchev–Trinajstić information content (AvgIpc) is 3.16. The normalized spacial score (nSPS) is 18.0. The van der Waals surface area contributed by atoms with Crippen LogP contribution in [0.25, 0.3) is 0 Å². The highest BCUT2D eigenvalue weighted by Gasteiger charge is 2.37. The highest BCUT2D eigenvalue weighted by Crippen LogP contribution is 2.19. The number of amides is 4. The second-order valence-corrected chi connectivity index (χ2v) is 7.74. The van der Waals surface area contributed by atoms with Crippen molar-refractivity contribution in [1.82, 2.24) is 15.5 Å². The molecule has 0 aromatic heterocycles. The molecule has 4 amide bonds. The number of hydrogen-bond acceptors (Lipinski definition) is 7. The number of carboxylic acid groups (broad SMARTS) is 1.